The fraction of sp³-hybridized carbons (Fsp3) is 0.111. The van der Waals surface area contributed by atoms with E-state index < -0.39 is 17.7 Å². The van der Waals surface area contributed by atoms with Crippen LogP contribution in [0.5, 0.6) is 0 Å². The second-order valence-electron chi connectivity index (χ2n) is 8.13. The number of hydrogen-bond donors (Lipinski definition) is 2. The zero-order chi connectivity index (χ0) is 23.8. The lowest BCUT2D eigenvalue weighted by Gasteiger charge is -2.26. The fourth-order valence-electron chi connectivity index (χ4n) is 4.49. The van der Waals surface area contributed by atoms with Gasteiger partial charge in [0.2, 0.25) is 0 Å². The van der Waals surface area contributed by atoms with Gasteiger partial charge >= 0.3 is 0 Å². The van der Waals surface area contributed by atoms with Crippen molar-refractivity contribution in [2.24, 2.45) is 0 Å². The first-order valence-electron chi connectivity index (χ1n) is 10.8. The second-order valence-corrected chi connectivity index (χ2v) is 8.98. The highest BCUT2D eigenvalue weighted by Gasteiger charge is 2.46. The number of nitrogens with one attached hydrogen (secondary N) is 1. The molecule has 1 fully saturated rings. The summed E-state index contributed by atoms with van der Waals surface area (Å²) in [5, 5.41) is 12.9. The van der Waals surface area contributed by atoms with Gasteiger partial charge < -0.3 is 15.0 Å². The Labute approximate surface area is 206 Å². The molecule has 0 radical (unpaired) electrons. The highest BCUT2D eigenvalue weighted by molar-refractivity contribution is 6.47. The number of nitrogens with zero attached hydrogens (tertiary/aromatic N) is 1. The summed E-state index contributed by atoms with van der Waals surface area (Å²) >= 11 is 12.6. The predicted molar refractivity (Wildman–Crippen MR) is 134 cm³/mol. The highest BCUT2D eigenvalue weighted by atomic mass is 35.5. The van der Waals surface area contributed by atoms with E-state index in [0.717, 1.165) is 16.5 Å². The Kier molecular flexibility index (Phi) is 5.90. The first kappa shape index (κ1) is 22.3. The van der Waals surface area contributed by atoms with Crippen LogP contribution in [0.4, 0.5) is 0 Å². The van der Waals surface area contributed by atoms with Crippen LogP contribution in [-0.4, -0.2) is 33.2 Å². The third-order valence-corrected chi connectivity index (χ3v) is 6.70. The minimum atomic E-state index is -0.838. The maximum Gasteiger partial charge on any atom is 0.295 e. The predicted octanol–water partition coefficient (Wildman–Crippen LogP) is 6.14. The van der Waals surface area contributed by atoms with Gasteiger partial charge in [-0.1, -0.05) is 77.8 Å². The fourth-order valence-corrected chi connectivity index (χ4v) is 5.00. The van der Waals surface area contributed by atoms with E-state index in [9.17, 15) is 14.7 Å². The van der Waals surface area contributed by atoms with E-state index in [1.54, 1.807) is 42.5 Å². The molecule has 1 saturated heterocycles. The second kappa shape index (κ2) is 9.01. The van der Waals surface area contributed by atoms with Gasteiger partial charge in [0.15, 0.2) is 0 Å². The Morgan fingerprint density at radius 2 is 1.71 bits per heavy atom. The Hall–Kier alpha value is -3.54. The maximum atomic E-state index is 13.2. The quantitative estimate of drug-likeness (QED) is 0.200. The number of aromatic amines is 1. The van der Waals surface area contributed by atoms with E-state index in [4.69, 9.17) is 23.2 Å². The van der Waals surface area contributed by atoms with Crippen molar-refractivity contribution in [1.82, 2.24) is 9.88 Å². The number of para-hydroxylation sites is 1. The van der Waals surface area contributed by atoms with Gasteiger partial charge in [-0.25, -0.2) is 0 Å². The van der Waals surface area contributed by atoms with Crippen molar-refractivity contribution in [3.63, 3.8) is 0 Å². The zero-order valence-electron chi connectivity index (χ0n) is 18.0. The van der Waals surface area contributed by atoms with Gasteiger partial charge in [-0.3, -0.25) is 9.59 Å². The van der Waals surface area contributed by atoms with Crippen LogP contribution in [0.15, 0.2) is 84.6 Å². The lowest BCUT2D eigenvalue weighted by Crippen LogP contribution is -2.31. The monoisotopic (exact) mass is 490 g/mol. The summed E-state index contributed by atoms with van der Waals surface area (Å²) in [7, 11) is 0. The first-order valence-corrected chi connectivity index (χ1v) is 11.5. The number of hydrogen-bond acceptors (Lipinski definition) is 3. The summed E-state index contributed by atoms with van der Waals surface area (Å²) in [5.41, 5.74) is 3.02. The molecule has 0 aliphatic carbocycles. The summed E-state index contributed by atoms with van der Waals surface area (Å²) < 4.78 is 0. The molecule has 1 amide bonds. The number of ketones is 1. The topological polar surface area (TPSA) is 73.4 Å². The number of amides is 1. The van der Waals surface area contributed by atoms with Crippen molar-refractivity contribution < 1.29 is 14.7 Å². The summed E-state index contributed by atoms with van der Waals surface area (Å²) in [6, 6.07) is 20.7. The van der Waals surface area contributed by atoms with Crippen molar-refractivity contribution >= 4 is 51.6 Å². The average molecular weight is 491 g/mol. The molecule has 1 atom stereocenters. The van der Waals surface area contributed by atoms with Gasteiger partial charge in [-0.05, 0) is 35.7 Å². The van der Waals surface area contributed by atoms with Crippen molar-refractivity contribution in [3.05, 3.63) is 111 Å². The van der Waals surface area contributed by atoms with Gasteiger partial charge in [-0.15, -0.1) is 0 Å². The Balaban J connectivity index is 1.59. The number of likely N-dealkylation sites (tertiary alicyclic amines) is 1. The molecule has 1 aromatic heterocycles. The van der Waals surface area contributed by atoms with E-state index in [-0.39, 0.29) is 17.9 Å². The third kappa shape index (κ3) is 3.87. The molecule has 2 N–H and O–H groups in total. The van der Waals surface area contributed by atoms with Crippen LogP contribution in [0.2, 0.25) is 10.0 Å². The van der Waals surface area contributed by atoms with Crippen molar-refractivity contribution in [2.75, 3.05) is 6.54 Å². The van der Waals surface area contributed by atoms with Gasteiger partial charge in [0, 0.05) is 39.3 Å². The summed E-state index contributed by atoms with van der Waals surface area (Å²) in [6.45, 7) is 0.265. The Morgan fingerprint density at radius 1 is 0.971 bits per heavy atom. The van der Waals surface area contributed by atoms with E-state index in [0.29, 0.717) is 27.6 Å². The van der Waals surface area contributed by atoms with Crippen LogP contribution in [-0.2, 0) is 16.0 Å². The molecule has 1 unspecified atom stereocenters. The molecule has 1 aliphatic rings. The van der Waals surface area contributed by atoms with E-state index in [1.165, 1.54) is 4.90 Å². The van der Waals surface area contributed by atoms with Crippen molar-refractivity contribution in [3.8, 4) is 0 Å². The summed E-state index contributed by atoms with van der Waals surface area (Å²) in [4.78, 5) is 31.1. The lowest BCUT2D eigenvalue weighted by molar-refractivity contribution is -0.139. The van der Waals surface area contributed by atoms with Crippen LogP contribution in [0, 0.1) is 0 Å². The number of fused-ring (bicyclic) bond motifs is 1. The number of carbonyl (C=O) groups excluding carboxylic acids is 2. The summed E-state index contributed by atoms with van der Waals surface area (Å²) in [5.74, 6) is -1.64. The van der Waals surface area contributed by atoms with E-state index in [2.05, 4.69) is 4.98 Å². The van der Waals surface area contributed by atoms with Crippen LogP contribution in [0.25, 0.3) is 16.7 Å². The minimum Gasteiger partial charge on any atom is -0.507 e. The van der Waals surface area contributed by atoms with Crippen molar-refractivity contribution in [1.29, 1.82) is 0 Å². The molecule has 4 aromatic rings. The molecule has 5 rings (SSSR count). The Bertz CT molecular complexity index is 1440. The van der Waals surface area contributed by atoms with Crippen LogP contribution >= 0.6 is 23.2 Å². The van der Waals surface area contributed by atoms with Crippen LogP contribution in [0.3, 0.4) is 0 Å². The normalized spacial score (nSPS) is 17.6. The molecule has 5 nitrogen and oxygen atoms in total. The van der Waals surface area contributed by atoms with Gasteiger partial charge in [0.05, 0.1) is 11.6 Å². The Morgan fingerprint density at radius 3 is 2.47 bits per heavy atom. The molecule has 1 aliphatic heterocycles. The molecule has 0 bridgehead atoms. The molecule has 170 valence electrons. The number of aromatic nitrogens is 1. The maximum absolute atomic E-state index is 13.2. The zero-order valence-corrected chi connectivity index (χ0v) is 19.5. The van der Waals surface area contributed by atoms with Crippen LogP contribution < -0.4 is 0 Å². The molecule has 0 saturated carbocycles. The van der Waals surface area contributed by atoms with Crippen LogP contribution in [0.1, 0.15) is 22.7 Å². The number of benzene rings is 3. The first-order chi connectivity index (χ1) is 16.5. The number of rotatable bonds is 5. The summed E-state index contributed by atoms with van der Waals surface area (Å²) in [6.07, 6.45) is 2.43. The smallest absolute Gasteiger partial charge is 0.295 e. The molecular weight excluding hydrogens is 471 g/mol. The number of aliphatic hydroxyl groups excluding tert-OH is 1. The number of halogens is 2. The number of H-pyrrole nitrogens is 1. The number of carbonyl (C=O) groups is 2. The molecule has 2 heterocycles. The molecule has 34 heavy (non-hydrogen) atoms. The minimum absolute atomic E-state index is 0.0133. The van der Waals surface area contributed by atoms with Gasteiger partial charge in [-0.2, -0.15) is 0 Å². The number of Topliss-reactive ketones (excluding diaryl/α,β-unsaturated/α-hetero) is 1. The molecular formula is C27H20Cl2N2O3. The molecule has 3 aromatic carbocycles. The van der Waals surface area contributed by atoms with Gasteiger partial charge in [0.25, 0.3) is 11.7 Å². The van der Waals surface area contributed by atoms with Crippen molar-refractivity contribution in [2.45, 2.75) is 12.5 Å². The lowest BCUT2D eigenvalue weighted by atomic mass is 9.95. The third-order valence-electron chi connectivity index (χ3n) is 6.14. The molecule has 0 spiro atoms. The standard InChI is InChI=1S/C27H20Cl2N2O3/c28-18-10-11-20(21(29)14-18)24-23(25(32)16-6-2-1-3-7-16)26(33)27(34)31(24)13-12-17-15-30-22-9-5-4-8-19(17)22/h1-11,14-15,24,30,32H,12-13H2/b25-23+. The largest absolute Gasteiger partial charge is 0.507 e. The highest BCUT2D eigenvalue weighted by Crippen LogP contribution is 2.42. The molecule has 7 heteroatoms. The average Bonchev–Trinajstić information content (AvgIpc) is 3.36. The number of aliphatic hydroxyl groups is 1. The van der Waals surface area contributed by atoms with Gasteiger partial charge in [0.1, 0.15) is 5.76 Å². The SMILES string of the molecule is O=C1C(=O)N(CCc2c[nH]c3ccccc23)C(c2ccc(Cl)cc2Cl)/C1=C(\O)c1ccccc1. The van der Waals surface area contributed by atoms with E-state index >= 15 is 0 Å². The van der Waals surface area contributed by atoms with E-state index in [1.807, 2.05) is 36.5 Å².